The molecule has 0 heterocycles. The summed E-state index contributed by atoms with van der Waals surface area (Å²) < 4.78 is 47.9. The number of nitrogens with two attached hydrogens (primary N) is 1. The molecule has 0 aliphatic rings. The minimum Gasteiger partial charge on any atom is -0.398 e. The standard InChI is InChI=1S/C8H6F4N/c9-6-1-2-7(13)5(3-6)4-8(10,11)12/h1-4H,13H2. The van der Waals surface area contributed by atoms with Gasteiger partial charge in [0.2, 0.25) is 0 Å². The van der Waals surface area contributed by atoms with E-state index in [0.717, 1.165) is 18.2 Å². The first-order valence-electron chi connectivity index (χ1n) is 3.36. The molecule has 71 valence electrons. The summed E-state index contributed by atoms with van der Waals surface area (Å²) in [5.41, 5.74) is 4.75. The number of anilines is 1. The first kappa shape index (κ1) is 9.83. The average Bonchev–Trinajstić information content (AvgIpc) is 1.94. The molecule has 1 nitrogen and oxygen atoms in total. The molecule has 0 amide bonds. The second-order valence-electron chi connectivity index (χ2n) is 2.46. The zero-order valence-electron chi connectivity index (χ0n) is 6.40. The minimum atomic E-state index is -4.48. The fourth-order valence-electron chi connectivity index (χ4n) is 0.847. The fraction of sp³-hybridized carbons (Fsp3) is 0.125. The Morgan fingerprint density at radius 1 is 1.23 bits per heavy atom. The van der Waals surface area contributed by atoms with Gasteiger partial charge in [0.1, 0.15) is 5.82 Å². The Bertz CT molecular complexity index is 306. The van der Waals surface area contributed by atoms with Crippen LogP contribution in [0.4, 0.5) is 23.2 Å². The highest BCUT2D eigenvalue weighted by atomic mass is 19.4. The van der Waals surface area contributed by atoms with Gasteiger partial charge in [-0.3, -0.25) is 0 Å². The third-order valence-corrected chi connectivity index (χ3v) is 1.37. The largest absolute Gasteiger partial charge is 0.398 e. The molecule has 2 N–H and O–H groups in total. The maximum absolute atomic E-state index is 12.5. The molecule has 0 aliphatic heterocycles. The Balaban J connectivity index is 2.94. The van der Waals surface area contributed by atoms with Gasteiger partial charge < -0.3 is 5.73 Å². The maximum Gasteiger partial charge on any atom is 0.396 e. The van der Waals surface area contributed by atoms with Crippen LogP contribution in [0.5, 0.6) is 0 Å². The summed E-state index contributed by atoms with van der Waals surface area (Å²) in [5.74, 6) is -0.746. The first-order chi connectivity index (χ1) is 5.88. The van der Waals surface area contributed by atoms with E-state index in [4.69, 9.17) is 5.73 Å². The Morgan fingerprint density at radius 2 is 1.85 bits per heavy atom. The van der Waals surface area contributed by atoms with Crippen molar-refractivity contribution in [1.82, 2.24) is 0 Å². The van der Waals surface area contributed by atoms with Gasteiger partial charge in [-0.15, -0.1) is 0 Å². The van der Waals surface area contributed by atoms with Crippen LogP contribution in [-0.4, -0.2) is 6.18 Å². The van der Waals surface area contributed by atoms with Crippen LogP contribution in [0.1, 0.15) is 5.56 Å². The highest BCUT2D eigenvalue weighted by Crippen LogP contribution is 2.27. The number of nitrogen functional groups attached to an aromatic ring is 1. The zero-order valence-corrected chi connectivity index (χ0v) is 6.40. The van der Waals surface area contributed by atoms with Crippen molar-refractivity contribution < 1.29 is 17.6 Å². The van der Waals surface area contributed by atoms with Crippen molar-refractivity contribution in [3.05, 3.63) is 36.0 Å². The van der Waals surface area contributed by atoms with E-state index in [-0.39, 0.29) is 17.7 Å². The van der Waals surface area contributed by atoms with Gasteiger partial charge in [-0.05, 0) is 23.8 Å². The number of benzene rings is 1. The number of hydrogen-bond acceptors (Lipinski definition) is 1. The second-order valence-corrected chi connectivity index (χ2v) is 2.46. The monoisotopic (exact) mass is 192 g/mol. The summed E-state index contributed by atoms with van der Waals surface area (Å²) in [6.45, 7) is 0. The Morgan fingerprint density at radius 3 is 2.38 bits per heavy atom. The molecule has 0 spiro atoms. The molecule has 13 heavy (non-hydrogen) atoms. The predicted molar refractivity (Wildman–Crippen MR) is 40.3 cm³/mol. The number of alkyl halides is 3. The fourth-order valence-corrected chi connectivity index (χ4v) is 0.847. The van der Waals surface area contributed by atoms with Crippen molar-refractivity contribution in [2.24, 2.45) is 0 Å². The Labute approximate surface area is 72.2 Å². The van der Waals surface area contributed by atoms with Gasteiger partial charge in [0.25, 0.3) is 0 Å². The van der Waals surface area contributed by atoms with Crippen LogP contribution in [0.2, 0.25) is 0 Å². The van der Waals surface area contributed by atoms with Crippen molar-refractivity contribution in [2.45, 2.75) is 6.18 Å². The second kappa shape index (κ2) is 3.24. The summed E-state index contributed by atoms with van der Waals surface area (Å²) in [6, 6.07) is 2.83. The van der Waals surface area contributed by atoms with Crippen LogP contribution in [-0.2, 0) is 0 Å². The lowest BCUT2D eigenvalue weighted by Gasteiger charge is -2.07. The normalized spacial score (nSPS) is 11.7. The lowest BCUT2D eigenvalue weighted by molar-refractivity contribution is -0.0927. The molecule has 0 fully saturated rings. The molecule has 1 rings (SSSR count). The third-order valence-electron chi connectivity index (χ3n) is 1.37. The van der Waals surface area contributed by atoms with Gasteiger partial charge in [-0.1, -0.05) is 0 Å². The van der Waals surface area contributed by atoms with Gasteiger partial charge in [0.15, 0.2) is 0 Å². The van der Waals surface area contributed by atoms with E-state index < -0.39 is 12.0 Å². The molecule has 1 aromatic rings. The van der Waals surface area contributed by atoms with E-state index >= 15 is 0 Å². The third kappa shape index (κ3) is 2.93. The topological polar surface area (TPSA) is 26.0 Å². The predicted octanol–water partition coefficient (Wildman–Crippen LogP) is 2.52. The Kier molecular flexibility index (Phi) is 2.45. The minimum absolute atomic E-state index is 0.0363. The summed E-state index contributed by atoms with van der Waals surface area (Å²) >= 11 is 0. The molecule has 1 radical (unpaired) electrons. The zero-order chi connectivity index (χ0) is 10.1. The highest BCUT2D eigenvalue weighted by molar-refractivity contribution is 5.51. The van der Waals surface area contributed by atoms with Gasteiger partial charge in [0, 0.05) is 5.69 Å². The van der Waals surface area contributed by atoms with Gasteiger partial charge in [-0.2, -0.15) is 13.2 Å². The molecule has 0 aromatic heterocycles. The molecule has 0 unspecified atom stereocenters. The molecule has 0 atom stereocenters. The smallest absolute Gasteiger partial charge is 0.396 e. The van der Waals surface area contributed by atoms with Crippen LogP contribution < -0.4 is 5.73 Å². The quantitative estimate of drug-likeness (QED) is 0.537. The molecule has 1 aromatic carbocycles. The van der Waals surface area contributed by atoms with E-state index in [0.29, 0.717) is 0 Å². The molecule has 0 saturated carbocycles. The summed E-state index contributed by atoms with van der Waals surface area (Å²) in [5, 5.41) is 0. The van der Waals surface area contributed by atoms with Crippen molar-refractivity contribution >= 4 is 5.69 Å². The molecule has 5 heteroatoms. The van der Waals surface area contributed by atoms with E-state index in [1.165, 1.54) is 0 Å². The average molecular weight is 192 g/mol. The van der Waals surface area contributed by atoms with E-state index in [2.05, 4.69) is 0 Å². The van der Waals surface area contributed by atoms with E-state index in [9.17, 15) is 17.6 Å². The maximum atomic E-state index is 12.5. The molecule has 0 bridgehead atoms. The summed E-state index contributed by atoms with van der Waals surface area (Å²) in [6.07, 6.45) is -4.52. The number of hydrogen-bond donors (Lipinski definition) is 1. The van der Waals surface area contributed by atoms with Crippen LogP contribution in [0.15, 0.2) is 18.2 Å². The molecular weight excluding hydrogens is 186 g/mol. The van der Waals surface area contributed by atoms with Crippen molar-refractivity contribution in [1.29, 1.82) is 0 Å². The summed E-state index contributed by atoms with van der Waals surface area (Å²) in [7, 11) is 0. The molecule has 0 saturated heterocycles. The van der Waals surface area contributed by atoms with Crippen LogP contribution in [0.25, 0.3) is 0 Å². The van der Waals surface area contributed by atoms with Gasteiger partial charge in [0.05, 0.1) is 6.42 Å². The SMILES string of the molecule is Nc1ccc(F)cc1[CH]C(F)(F)F. The highest BCUT2D eigenvalue weighted by Gasteiger charge is 2.29. The first-order valence-corrected chi connectivity index (χ1v) is 3.36. The van der Waals surface area contributed by atoms with Crippen LogP contribution in [0, 0.1) is 12.2 Å². The Hall–Kier alpha value is -1.26. The van der Waals surface area contributed by atoms with Crippen molar-refractivity contribution in [3.63, 3.8) is 0 Å². The van der Waals surface area contributed by atoms with Crippen molar-refractivity contribution in [2.75, 3.05) is 5.73 Å². The molecular formula is C8H6F4N. The van der Waals surface area contributed by atoms with Crippen molar-refractivity contribution in [3.8, 4) is 0 Å². The van der Waals surface area contributed by atoms with Gasteiger partial charge in [-0.25, -0.2) is 4.39 Å². The van der Waals surface area contributed by atoms with E-state index in [1.54, 1.807) is 0 Å². The lowest BCUT2D eigenvalue weighted by Crippen LogP contribution is -2.10. The van der Waals surface area contributed by atoms with Gasteiger partial charge >= 0.3 is 6.18 Å². The van der Waals surface area contributed by atoms with E-state index in [1.807, 2.05) is 0 Å². The van der Waals surface area contributed by atoms with Crippen LogP contribution >= 0.6 is 0 Å². The lowest BCUT2D eigenvalue weighted by atomic mass is 10.1. The van der Waals surface area contributed by atoms with Crippen LogP contribution in [0.3, 0.4) is 0 Å². The number of rotatable bonds is 1. The number of halogens is 4. The molecule has 0 aliphatic carbocycles. The summed E-state index contributed by atoms with van der Waals surface area (Å²) in [4.78, 5) is 0.